The van der Waals surface area contributed by atoms with Gasteiger partial charge in [-0.2, -0.15) is 0 Å². The van der Waals surface area contributed by atoms with Crippen molar-refractivity contribution in [1.29, 1.82) is 0 Å². The predicted octanol–water partition coefficient (Wildman–Crippen LogP) is 3.12. The Morgan fingerprint density at radius 1 is 1.04 bits per heavy atom. The summed E-state index contributed by atoms with van der Waals surface area (Å²) >= 11 is 12.0. The Hall–Kier alpha value is -2.57. The number of benzene rings is 2. The van der Waals surface area contributed by atoms with E-state index in [0.717, 1.165) is 0 Å². The summed E-state index contributed by atoms with van der Waals surface area (Å²) in [6, 6.07) is 9.94. The average molecular weight is 409 g/mol. The van der Waals surface area contributed by atoms with Gasteiger partial charge in [0.2, 0.25) is 0 Å². The molecule has 0 radical (unpaired) electrons. The summed E-state index contributed by atoms with van der Waals surface area (Å²) in [5, 5.41) is 12.1. The van der Waals surface area contributed by atoms with Crippen LogP contribution < -0.4 is 5.32 Å². The van der Waals surface area contributed by atoms with Gasteiger partial charge >= 0.3 is 5.97 Å². The maximum Gasteiger partial charge on any atom is 0.326 e. The number of aliphatic carboxylic acids is 1. The molecule has 2 amide bonds. The maximum atomic E-state index is 12.4. The van der Waals surface area contributed by atoms with E-state index in [0.29, 0.717) is 11.1 Å². The van der Waals surface area contributed by atoms with Crippen molar-refractivity contribution in [3.8, 4) is 0 Å². The smallest absolute Gasteiger partial charge is 0.326 e. The van der Waals surface area contributed by atoms with Gasteiger partial charge in [-0.3, -0.25) is 9.59 Å². The minimum absolute atomic E-state index is 0.0269. The fourth-order valence-corrected chi connectivity index (χ4v) is 2.99. The van der Waals surface area contributed by atoms with E-state index in [-0.39, 0.29) is 27.9 Å². The van der Waals surface area contributed by atoms with E-state index in [9.17, 15) is 19.5 Å². The molecule has 2 aromatic carbocycles. The number of carboxylic acids is 1. The minimum atomic E-state index is -1.19. The Morgan fingerprint density at radius 3 is 2.07 bits per heavy atom. The average Bonchev–Trinajstić information content (AvgIpc) is 2.60. The number of hydrogen-bond donors (Lipinski definition) is 2. The third-order valence-corrected chi connectivity index (χ3v) is 4.47. The summed E-state index contributed by atoms with van der Waals surface area (Å²) in [5.41, 5.74) is 1.17. The lowest BCUT2D eigenvalue weighted by Gasteiger charge is -2.16. The molecular formula is C19H18Cl2N2O4. The quantitative estimate of drug-likeness (QED) is 0.768. The van der Waals surface area contributed by atoms with Gasteiger partial charge in [-0.25, -0.2) is 4.79 Å². The second-order valence-corrected chi connectivity index (χ2v) is 6.88. The molecule has 2 rings (SSSR count). The third-order valence-electron chi connectivity index (χ3n) is 3.84. The summed E-state index contributed by atoms with van der Waals surface area (Å²) in [6.45, 7) is 0. The molecule has 27 heavy (non-hydrogen) atoms. The van der Waals surface area contributed by atoms with Crippen LogP contribution >= 0.6 is 23.2 Å². The minimum Gasteiger partial charge on any atom is -0.480 e. The molecule has 0 aromatic heterocycles. The Bertz CT molecular complexity index is 846. The van der Waals surface area contributed by atoms with Crippen molar-refractivity contribution < 1.29 is 19.5 Å². The van der Waals surface area contributed by atoms with E-state index in [1.54, 1.807) is 44.4 Å². The van der Waals surface area contributed by atoms with Crippen LogP contribution in [0.25, 0.3) is 0 Å². The number of rotatable bonds is 6. The van der Waals surface area contributed by atoms with E-state index in [1.165, 1.54) is 17.0 Å². The molecule has 0 aliphatic rings. The van der Waals surface area contributed by atoms with Gasteiger partial charge in [0.15, 0.2) is 0 Å². The van der Waals surface area contributed by atoms with Crippen molar-refractivity contribution in [2.45, 2.75) is 12.5 Å². The molecule has 0 aliphatic carbocycles. The standard InChI is InChI=1S/C19H18Cl2N2O4/c1-23(2)18(25)12-8-6-11(7-9-12)10-15(19(26)27)22-17(24)16-13(20)4-3-5-14(16)21/h3-9,15H,10H2,1-2H3,(H,22,24)(H,26,27)/t15-/m0/s1. The Morgan fingerprint density at radius 2 is 1.59 bits per heavy atom. The van der Waals surface area contributed by atoms with Crippen molar-refractivity contribution >= 4 is 41.0 Å². The molecule has 0 unspecified atom stereocenters. The Labute approximate surface area is 166 Å². The van der Waals surface area contributed by atoms with Crippen molar-refractivity contribution in [2.75, 3.05) is 14.1 Å². The zero-order valence-corrected chi connectivity index (χ0v) is 16.2. The van der Waals surface area contributed by atoms with Crippen LogP contribution in [0.15, 0.2) is 42.5 Å². The molecule has 0 bridgehead atoms. The van der Waals surface area contributed by atoms with Crippen molar-refractivity contribution in [3.63, 3.8) is 0 Å². The van der Waals surface area contributed by atoms with E-state index < -0.39 is 17.9 Å². The Kier molecular flexibility index (Phi) is 6.82. The van der Waals surface area contributed by atoms with E-state index >= 15 is 0 Å². The molecule has 0 spiro atoms. The predicted molar refractivity (Wildman–Crippen MR) is 104 cm³/mol. The van der Waals surface area contributed by atoms with Gasteiger partial charge in [0.25, 0.3) is 11.8 Å². The summed E-state index contributed by atoms with van der Waals surface area (Å²) < 4.78 is 0. The number of carboxylic acid groups (broad SMARTS) is 1. The maximum absolute atomic E-state index is 12.4. The topological polar surface area (TPSA) is 86.7 Å². The monoisotopic (exact) mass is 408 g/mol. The number of halogens is 2. The largest absolute Gasteiger partial charge is 0.480 e. The fourth-order valence-electron chi connectivity index (χ4n) is 2.42. The van der Waals surface area contributed by atoms with Crippen LogP contribution in [0.4, 0.5) is 0 Å². The lowest BCUT2D eigenvalue weighted by atomic mass is 10.0. The number of carbonyl (C=O) groups is 3. The van der Waals surface area contributed by atoms with Gasteiger partial charge in [0.05, 0.1) is 15.6 Å². The molecule has 2 aromatic rings. The highest BCUT2D eigenvalue weighted by atomic mass is 35.5. The number of hydrogen-bond acceptors (Lipinski definition) is 3. The van der Waals surface area contributed by atoms with E-state index in [2.05, 4.69) is 5.32 Å². The number of amides is 2. The van der Waals surface area contributed by atoms with Gasteiger partial charge in [-0.1, -0.05) is 41.4 Å². The summed E-state index contributed by atoms with van der Waals surface area (Å²) in [6.07, 6.45) is 0.0412. The van der Waals surface area contributed by atoms with Crippen LogP contribution in [0.5, 0.6) is 0 Å². The molecule has 0 saturated carbocycles. The Balaban J connectivity index is 2.15. The molecule has 0 heterocycles. The third kappa shape index (κ3) is 5.21. The van der Waals surface area contributed by atoms with Gasteiger partial charge in [-0.15, -0.1) is 0 Å². The first kappa shape index (κ1) is 20.7. The SMILES string of the molecule is CN(C)C(=O)c1ccc(C[C@H](NC(=O)c2c(Cl)cccc2Cl)C(=O)O)cc1. The van der Waals surface area contributed by atoms with Crippen LogP contribution in [0.2, 0.25) is 10.0 Å². The van der Waals surface area contributed by atoms with Crippen LogP contribution in [-0.4, -0.2) is 47.9 Å². The summed E-state index contributed by atoms with van der Waals surface area (Å²) in [7, 11) is 3.29. The molecule has 6 nitrogen and oxygen atoms in total. The van der Waals surface area contributed by atoms with Gasteiger partial charge in [0.1, 0.15) is 6.04 Å². The van der Waals surface area contributed by atoms with Crippen LogP contribution in [-0.2, 0) is 11.2 Å². The second kappa shape index (κ2) is 8.88. The lowest BCUT2D eigenvalue weighted by molar-refractivity contribution is -0.139. The molecule has 8 heteroatoms. The number of nitrogens with zero attached hydrogens (tertiary/aromatic N) is 1. The molecule has 2 N–H and O–H groups in total. The highest BCUT2D eigenvalue weighted by Crippen LogP contribution is 2.24. The van der Waals surface area contributed by atoms with Gasteiger partial charge in [-0.05, 0) is 29.8 Å². The first-order valence-corrected chi connectivity index (χ1v) is 8.74. The first-order chi connectivity index (χ1) is 12.7. The first-order valence-electron chi connectivity index (χ1n) is 7.99. The molecule has 0 fully saturated rings. The molecular weight excluding hydrogens is 391 g/mol. The van der Waals surface area contributed by atoms with Crippen LogP contribution in [0.1, 0.15) is 26.3 Å². The zero-order chi connectivity index (χ0) is 20.1. The number of carbonyl (C=O) groups excluding carboxylic acids is 2. The zero-order valence-electron chi connectivity index (χ0n) is 14.7. The number of nitrogens with one attached hydrogen (secondary N) is 1. The van der Waals surface area contributed by atoms with Crippen LogP contribution in [0, 0.1) is 0 Å². The van der Waals surface area contributed by atoms with Gasteiger partial charge < -0.3 is 15.3 Å². The lowest BCUT2D eigenvalue weighted by Crippen LogP contribution is -2.42. The molecule has 142 valence electrons. The highest BCUT2D eigenvalue weighted by Gasteiger charge is 2.24. The van der Waals surface area contributed by atoms with Crippen molar-refractivity contribution in [3.05, 3.63) is 69.2 Å². The molecule has 0 saturated heterocycles. The second-order valence-electron chi connectivity index (χ2n) is 6.06. The normalized spacial score (nSPS) is 11.6. The summed E-state index contributed by atoms with van der Waals surface area (Å²) in [4.78, 5) is 37.3. The highest BCUT2D eigenvalue weighted by molar-refractivity contribution is 6.39. The summed E-state index contributed by atoms with van der Waals surface area (Å²) in [5.74, 6) is -2.02. The van der Waals surface area contributed by atoms with Crippen LogP contribution in [0.3, 0.4) is 0 Å². The van der Waals surface area contributed by atoms with Crippen molar-refractivity contribution in [1.82, 2.24) is 10.2 Å². The molecule has 0 aliphatic heterocycles. The van der Waals surface area contributed by atoms with E-state index in [4.69, 9.17) is 23.2 Å². The van der Waals surface area contributed by atoms with Crippen molar-refractivity contribution in [2.24, 2.45) is 0 Å². The molecule has 1 atom stereocenters. The fraction of sp³-hybridized carbons (Fsp3) is 0.211. The van der Waals surface area contributed by atoms with Gasteiger partial charge in [0, 0.05) is 26.1 Å². The van der Waals surface area contributed by atoms with E-state index in [1.807, 2.05) is 0 Å².